The highest BCUT2D eigenvalue weighted by atomic mass is 32.2. The van der Waals surface area contributed by atoms with E-state index in [4.69, 9.17) is 10.4 Å². The number of aryl methyl sites for hydroxylation is 1. The number of hydrogen-bond donors (Lipinski definition) is 2. The predicted octanol–water partition coefficient (Wildman–Crippen LogP) is 3.19. The van der Waals surface area contributed by atoms with E-state index in [1.54, 1.807) is 6.20 Å². The summed E-state index contributed by atoms with van der Waals surface area (Å²) in [4.78, 5) is 21.2. The molecule has 0 saturated heterocycles. The molecule has 1 aromatic carbocycles. The van der Waals surface area contributed by atoms with E-state index >= 15 is 0 Å². The molecule has 0 saturated carbocycles. The minimum absolute atomic E-state index is 0.0981. The molecule has 3 heterocycles. The lowest BCUT2D eigenvalue weighted by atomic mass is 10.3. The van der Waals surface area contributed by atoms with E-state index < -0.39 is 0 Å². The fourth-order valence-electron chi connectivity index (χ4n) is 2.85. The molecule has 0 radical (unpaired) electrons. The number of carbonyl (C=O) groups excluding carboxylic acids is 1. The zero-order valence-corrected chi connectivity index (χ0v) is 16.0. The second-order valence-electron chi connectivity index (χ2n) is 6.00. The van der Waals surface area contributed by atoms with Gasteiger partial charge in [-0.2, -0.15) is 0 Å². The molecule has 0 spiro atoms. The molecule has 3 aromatic heterocycles. The van der Waals surface area contributed by atoms with Gasteiger partial charge in [0, 0.05) is 24.1 Å². The minimum Gasteiger partial charge on any atom is -0.379 e. The molecule has 4 aromatic rings. The zero-order chi connectivity index (χ0) is 19.7. The fraction of sp³-hybridized carbons (Fsp3) is 0.167. The molecular formula is C18H17N7O2S. The van der Waals surface area contributed by atoms with Gasteiger partial charge in [-0.15, -0.1) is 0 Å². The van der Waals surface area contributed by atoms with Crippen LogP contribution in [0.3, 0.4) is 0 Å². The monoisotopic (exact) mass is 395 g/mol. The SMILES string of the molecule is CCn1c(-c2nonc2N)nc2cnc(Sc3ccc(NC(C)=O)cc3)cc21. The molecule has 1 amide bonds. The van der Waals surface area contributed by atoms with Gasteiger partial charge in [0.25, 0.3) is 0 Å². The van der Waals surface area contributed by atoms with Crippen molar-refractivity contribution >= 4 is 40.2 Å². The Hall–Kier alpha value is -3.40. The Morgan fingerprint density at radius 2 is 2.07 bits per heavy atom. The zero-order valence-electron chi connectivity index (χ0n) is 15.2. The molecule has 10 heteroatoms. The number of imidazole rings is 1. The smallest absolute Gasteiger partial charge is 0.221 e. The van der Waals surface area contributed by atoms with Crippen LogP contribution in [0.5, 0.6) is 0 Å². The summed E-state index contributed by atoms with van der Waals surface area (Å²) in [6.07, 6.45) is 1.72. The first kappa shape index (κ1) is 18.0. The van der Waals surface area contributed by atoms with Crippen LogP contribution in [0.1, 0.15) is 13.8 Å². The summed E-state index contributed by atoms with van der Waals surface area (Å²) in [6, 6.07) is 9.57. The first-order valence-corrected chi connectivity index (χ1v) is 9.37. The first-order valence-electron chi connectivity index (χ1n) is 8.55. The van der Waals surface area contributed by atoms with E-state index in [2.05, 4.69) is 25.6 Å². The topological polar surface area (TPSA) is 125 Å². The van der Waals surface area contributed by atoms with Crippen molar-refractivity contribution in [3.8, 4) is 11.5 Å². The molecule has 0 aliphatic heterocycles. The fourth-order valence-corrected chi connectivity index (χ4v) is 3.64. The maximum Gasteiger partial charge on any atom is 0.221 e. The Labute approximate surface area is 164 Å². The van der Waals surface area contributed by atoms with Gasteiger partial charge >= 0.3 is 0 Å². The van der Waals surface area contributed by atoms with E-state index in [-0.39, 0.29) is 11.7 Å². The second-order valence-corrected chi connectivity index (χ2v) is 7.09. The Morgan fingerprint density at radius 3 is 2.71 bits per heavy atom. The van der Waals surface area contributed by atoms with Crippen molar-refractivity contribution in [2.75, 3.05) is 11.1 Å². The molecule has 28 heavy (non-hydrogen) atoms. The number of nitrogens with zero attached hydrogens (tertiary/aromatic N) is 5. The number of nitrogen functional groups attached to an aromatic ring is 1. The Balaban J connectivity index is 1.66. The Bertz CT molecular complexity index is 1150. The molecule has 0 aliphatic rings. The number of benzene rings is 1. The molecule has 0 fully saturated rings. The van der Waals surface area contributed by atoms with E-state index in [0.29, 0.717) is 18.1 Å². The standard InChI is InChI=1S/C18H17N7O2S/c1-3-25-14-8-15(28-12-6-4-11(5-7-12)21-10(2)26)20-9-13(14)22-18(25)16-17(19)24-27-23-16/h4-9H,3H2,1-2H3,(H2,19,24)(H,21,26). The normalized spacial score (nSPS) is 11.1. The summed E-state index contributed by atoms with van der Waals surface area (Å²) >= 11 is 1.52. The van der Waals surface area contributed by atoms with Crippen LogP contribution in [0.2, 0.25) is 0 Å². The number of pyridine rings is 1. The third-order valence-electron chi connectivity index (χ3n) is 4.05. The summed E-state index contributed by atoms with van der Waals surface area (Å²) in [7, 11) is 0. The van der Waals surface area contributed by atoms with Gasteiger partial charge in [0.15, 0.2) is 17.3 Å². The van der Waals surface area contributed by atoms with Gasteiger partial charge in [-0.3, -0.25) is 4.79 Å². The van der Waals surface area contributed by atoms with Gasteiger partial charge in [0.1, 0.15) is 10.5 Å². The third kappa shape index (κ3) is 3.41. The molecule has 3 N–H and O–H groups in total. The second kappa shape index (κ2) is 7.31. The van der Waals surface area contributed by atoms with Crippen molar-refractivity contribution in [3.05, 3.63) is 36.5 Å². The van der Waals surface area contributed by atoms with Crippen LogP contribution in [-0.4, -0.2) is 30.8 Å². The number of amides is 1. The van der Waals surface area contributed by atoms with Crippen molar-refractivity contribution in [2.24, 2.45) is 0 Å². The molecular weight excluding hydrogens is 378 g/mol. The van der Waals surface area contributed by atoms with Crippen LogP contribution < -0.4 is 11.1 Å². The lowest BCUT2D eigenvalue weighted by molar-refractivity contribution is -0.114. The van der Waals surface area contributed by atoms with Gasteiger partial charge in [-0.25, -0.2) is 14.6 Å². The van der Waals surface area contributed by atoms with Gasteiger partial charge in [-0.1, -0.05) is 11.8 Å². The van der Waals surface area contributed by atoms with Gasteiger partial charge in [-0.05, 0) is 47.6 Å². The van der Waals surface area contributed by atoms with E-state index in [1.807, 2.05) is 41.8 Å². The van der Waals surface area contributed by atoms with Crippen LogP contribution >= 0.6 is 11.8 Å². The highest BCUT2D eigenvalue weighted by Gasteiger charge is 2.19. The van der Waals surface area contributed by atoms with Crippen molar-refractivity contribution in [2.45, 2.75) is 30.3 Å². The summed E-state index contributed by atoms with van der Waals surface area (Å²) in [5.74, 6) is 0.700. The first-order chi connectivity index (χ1) is 13.5. The molecule has 0 atom stereocenters. The summed E-state index contributed by atoms with van der Waals surface area (Å²) in [5, 5.41) is 11.1. The van der Waals surface area contributed by atoms with Crippen molar-refractivity contribution in [3.63, 3.8) is 0 Å². The number of carbonyl (C=O) groups is 1. The van der Waals surface area contributed by atoms with E-state index in [9.17, 15) is 4.79 Å². The van der Waals surface area contributed by atoms with Gasteiger partial charge < -0.3 is 15.6 Å². The number of anilines is 2. The summed E-state index contributed by atoms with van der Waals surface area (Å²) < 4.78 is 6.70. The third-order valence-corrected chi connectivity index (χ3v) is 4.99. The van der Waals surface area contributed by atoms with Crippen molar-refractivity contribution in [1.29, 1.82) is 0 Å². The highest BCUT2D eigenvalue weighted by Crippen LogP contribution is 2.31. The lowest BCUT2D eigenvalue weighted by Crippen LogP contribution is -2.05. The quantitative estimate of drug-likeness (QED) is 0.528. The minimum atomic E-state index is -0.0981. The van der Waals surface area contributed by atoms with Crippen LogP contribution in [0.4, 0.5) is 11.5 Å². The molecule has 0 unspecified atom stereocenters. The number of fused-ring (bicyclic) bond motifs is 1. The summed E-state index contributed by atoms with van der Waals surface area (Å²) in [6.45, 7) is 4.18. The van der Waals surface area contributed by atoms with Crippen molar-refractivity contribution in [1.82, 2.24) is 24.8 Å². The molecule has 0 bridgehead atoms. The van der Waals surface area contributed by atoms with E-state index in [1.165, 1.54) is 18.7 Å². The van der Waals surface area contributed by atoms with Crippen molar-refractivity contribution < 1.29 is 9.42 Å². The average molecular weight is 395 g/mol. The van der Waals surface area contributed by atoms with Crippen LogP contribution in [-0.2, 0) is 11.3 Å². The number of rotatable bonds is 5. The maximum atomic E-state index is 11.1. The van der Waals surface area contributed by atoms with Crippen LogP contribution in [0.15, 0.2) is 51.1 Å². The highest BCUT2D eigenvalue weighted by molar-refractivity contribution is 7.99. The number of aromatic nitrogens is 5. The average Bonchev–Trinajstić information content (AvgIpc) is 3.25. The van der Waals surface area contributed by atoms with Gasteiger partial charge in [0.2, 0.25) is 5.91 Å². The Kier molecular flexibility index (Phi) is 4.70. The molecule has 142 valence electrons. The lowest BCUT2D eigenvalue weighted by Gasteiger charge is -2.06. The van der Waals surface area contributed by atoms with E-state index in [0.717, 1.165) is 26.6 Å². The van der Waals surface area contributed by atoms with Crippen LogP contribution in [0, 0.1) is 0 Å². The maximum absolute atomic E-state index is 11.1. The number of nitrogens with one attached hydrogen (secondary N) is 1. The number of nitrogens with two attached hydrogens (primary N) is 1. The molecule has 9 nitrogen and oxygen atoms in total. The number of hydrogen-bond acceptors (Lipinski definition) is 8. The predicted molar refractivity (Wildman–Crippen MR) is 106 cm³/mol. The Morgan fingerprint density at radius 1 is 1.29 bits per heavy atom. The summed E-state index contributed by atoms with van der Waals surface area (Å²) in [5.41, 5.74) is 8.66. The largest absolute Gasteiger partial charge is 0.379 e. The van der Waals surface area contributed by atoms with Crippen LogP contribution in [0.25, 0.3) is 22.6 Å². The molecule has 4 rings (SSSR count). The van der Waals surface area contributed by atoms with Gasteiger partial charge in [0.05, 0.1) is 11.7 Å². The molecule has 0 aliphatic carbocycles.